The maximum Gasteiger partial charge on any atom is 0.115 e. The van der Waals surface area contributed by atoms with Gasteiger partial charge in [-0.3, -0.25) is 0 Å². The second-order valence-corrected chi connectivity index (χ2v) is 10.4. The lowest BCUT2D eigenvalue weighted by Crippen LogP contribution is -2.61. The van der Waals surface area contributed by atoms with Crippen molar-refractivity contribution in [2.45, 2.75) is 70.3 Å². The largest absolute Gasteiger partial charge is 0.374 e. The summed E-state index contributed by atoms with van der Waals surface area (Å²) in [5, 5.41) is 0. The highest BCUT2D eigenvalue weighted by Gasteiger charge is 2.47. The van der Waals surface area contributed by atoms with Gasteiger partial charge in [-0.25, -0.2) is 0 Å². The van der Waals surface area contributed by atoms with E-state index >= 15 is 0 Å². The van der Waals surface area contributed by atoms with Gasteiger partial charge in [-0.05, 0) is 28.7 Å². The van der Waals surface area contributed by atoms with E-state index in [-0.39, 0.29) is 24.4 Å². The number of hydrogen-bond donors (Lipinski definition) is 0. The van der Waals surface area contributed by atoms with Crippen LogP contribution < -0.4 is 0 Å². The predicted octanol–water partition coefficient (Wildman–Crippen LogP) is 7.14. The molecule has 0 radical (unpaired) electrons. The number of ether oxygens (including phenoxy) is 5. The van der Waals surface area contributed by atoms with Crippen LogP contribution in [0.1, 0.15) is 35.6 Å². The molecule has 5 nitrogen and oxygen atoms in total. The molecule has 0 bridgehead atoms. The van der Waals surface area contributed by atoms with Gasteiger partial charge in [0.2, 0.25) is 0 Å². The van der Waals surface area contributed by atoms with Gasteiger partial charge in [-0.2, -0.15) is 0 Å². The van der Waals surface area contributed by atoms with Crippen LogP contribution in [0.4, 0.5) is 0 Å². The van der Waals surface area contributed by atoms with E-state index in [4.69, 9.17) is 23.7 Å². The van der Waals surface area contributed by atoms with E-state index in [1.807, 2.05) is 72.8 Å². The lowest BCUT2D eigenvalue weighted by molar-refractivity contribution is -0.272. The standard InChI is InChI=1S/C36H40O5/c1-2-32-34(38-24-29-17-9-4-10-18-29)36(40-26-31-21-13-6-14-22-31)35(39-25-30-19-11-5-12-20-30)33(41-32)27-37-23-28-15-7-3-8-16-28/h3-22,32-36H,2,23-27H2,1H3/t32?,33-,34+,35-,36-/m1/s1. The third-order valence-corrected chi connectivity index (χ3v) is 7.38. The topological polar surface area (TPSA) is 46.2 Å². The highest BCUT2D eigenvalue weighted by atomic mass is 16.6. The first kappa shape index (κ1) is 29.2. The summed E-state index contributed by atoms with van der Waals surface area (Å²) in [5.41, 5.74) is 4.43. The third-order valence-electron chi connectivity index (χ3n) is 7.38. The summed E-state index contributed by atoms with van der Waals surface area (Å²) < 4.78 is 32.9. The van der Waals surface area contributed by atoms with Crippen molar-refractivity contribution in [2.75, 3.05) is 6.61 Å². The fourth-order valence-corrected chi connectivity index (χ4v) is 5.21. The first-order valence-corrected chi connectivity index (χ1v) is 14.5. The first-order valence-electron chi connectivity index (χ1n) is 14.5. The average Bonchev–Trinajstić information content (AvgIpc) is 3.04. The van der Waals surface area contributed by atoms with Crippen molar-refractivity contribution in [1.29, 1.82) is 0 Å². The second-order valence-electron chi connectivity index (χ2n) is 10.4. The van der Waals surface area contributed by atoms with Gasteiger partial charge in [-0.15, -0.1) is 0 Å². The summed E-state index contributed by atoms with van der Waals surface area (Å²) in [7, 11) is 0. The van der Waals surface area contributed by atoms with E-state index in [1.54, 1.807) is 0 Å². The molecule has 1 saturated heterocycles. The molecule has 1 aliphatic rings. The Morgan fingerprint density at radius 1 is 0.463 bits per heavy atom. The smallest absolute Gasteiger partial charge is 0.115 e. The van der Waals surface area contributed by atoms with Crippen molar-refractivity contribution in [2.24, 2.45) is 0 Å². The Morgan fingerprint density at radius 3 is 1.24 bits per heavy atom. The van der Waals surface area contributed by atoms with Crippen molar-refractivity contribution in [3.05, 3.63) is 144 Å². The molecule has 0 amide bonds. The monoisotopic (exact) mass is 552 g/mol. The van der Waals surface area contributed by atoms with Gasteiger partial charge in [0.25, 0.3) is 0 Å². The van der Waals surface area contributed by atoms with Gasteiger partial charge in [0.1, 0.15) is 24.4 Å². The van der Waals surface area contributed by atoms with E-state index < -0.39 is 6.10 Å². The Morgan fingerprint density at radius 2 is 0.829 bits per heavy atom. The highest BCUT2D eigenvalue weighted by Crippen LogP contribution is 2.32. The molecule has 4 aromatic rings. The van der Waals surface area contributed by atoms with Crippen LogP contribution in [0.3, 0.4) is 0 Å². The molecule has 0 aromatic heterocycles. The molecule has 5 heteroatoms. The van der Waals surface area contributed by atoms with Crippen LogP contribution in [0.15, 0.2) is 121 Å². The number of hydrogen-bond acceptors (Lipinski definition) is 5. The summed E-state index contributed by atoms with van der Waals surface area (Å²) in [5.74, 6) is 0. The Labute approximate surface area is 244 Å². The van der Waals surface area contributed by atoms with Crippen molar-refractivity contribution < 1.29 is 23.7 Å². The van der Waals surface area contributed by atoms with E-state index in [1.165, 1.54) is 0 Å². The maximum atomic E-state index is 6.71. The molecule has 5 atom stereocenters. The molecule has 1 heterocycles. The number of rotatable bonds is 14. The Bertz CT molecular complexity index is 1250. The molecular formula is C36H40O5. The molecule has 41 heavy (non-hydrogen) atoms. The zero-order valence-corrected chi connectivity index (χ0v) is 23.7. The van der Waals surface area contributed by atoms with Gasteiger partial charge >= 0.3 is 0 Å². The first-order chi connectivity index (χ1) is 20.3. The zero-order chi connectivity index (χ0) is 28.1. The average molecular weight is 553 g/mol. The second kappa shape index (κ2) is 15.6. The quantitative estimate of drug-likeness (QED) is 0.166. The Balaban J connectivity index is 1.38. The van der Waals surface area contributed by atoms with Gasteiger partial charge in [0.15, 0.2) is 0 Å². The van der Waals surface area contributed by atoms with Crippen molar-refractivity contribution >= 4 is 0 Å². The normalized spacial score (nSPS) is 22.4. The molecule has 1 fully saturated rings. The van der Waals surface area contributed by atoms with E-state index in [2.05, 4.69) is 55.5 Å². The molecular weight excluding hydrogens is 512 g/mol. The van der Waals surface area contributed by atoms with Crippen molar-refractivity contribution in [1.82, 2.24) is 0 Å². The number of benzene rings is 4. The van der Waals surface area contributed by atoms with E-state index in [0.29, 0.717) is 33.0 Å². The summed E-state index contributed by atoms with van der Waals surface area (Å²) in [6, 6.07) is 40.9. The lowest BCUT2D eigenvalue weighted by Gasteiger charge is -2.46. The molecule has 0 saturated carbocycles. The molecule has 0 aliphatic carbocycles. The van der Waals surface area contributed by atoms with Gasteiger partial charge in [-0.1, -0.05) is 128 Å². The molecule has 214 valence electrons. The van der Waals surface area contributed by atoms with Crippen molar-refractivity contribution in [3.63, 3.8) is 0 Å². The molecule has 1 unspecified atom stereocenters. The molecule has 5 rings (SSSR count). The summed E-state index contributed by atoms with van der Waals surface area (Å²) >= 11 is 0. The molecule has 0 spiro atoms. The highest BCUT2D eigenvalue weighted by molar-refractivity contribution is 5.16. The minimum Gasteiger partial charge on any atom is -0.374 e. The van der Waals surface area contributed by atoms with Gasteiger partial charge < -0.3 is 23.7 Å². The van der Waals surface area contributed by atoms with Gasteiger partial charge in [0.05, 0.1) is 39.1 Å². The van der Waals surface area contributed by atoms with Gasteiger partial charge in [0, 0.05) is 0 Å². The van der Waals surface area contributed by atoms with Crippen molar-refractivity contribution in [3.8, 4) is 0 Å². The predicted molar refractivity (Wildman–Crippen MR) is 160 cm³/mol. The Hall–Kier alpha value is -3.32. The summed E-state index contributed by atoms with van der Waals surface area (Å²) in [6.45, 7) is 4.39. The van der Waals surface area contributed by atoms with E-state index in [9.17, 15) is 0 Å². The van der Waals surface area contributed by atoms with E-state index in [0.717, 1.165) is 28.7 Å². The minimum absolute atomic E-state index is 0.165. The third kappa shape index (κ3) is 8.59. The Kier molecular flexibility index (Phi) is 11.1. The van der Waals surface area contributed by atoms with Crippen LogP contribution in [0, 0.1) is 0 Å². The van der Waals surface area contributed by atoms with Crippen LogP contribution in [0.2, 0.25) is 0 Å². The molecule has 0 N–H and O–H groups in total. The lowest BCUT2D eigenvalue weighted by atomic mass is 9.92. The molecule has 4 aromatic carbocycles. The summed E-state index contributed by atoms with van der Waals surface area (Å²) in [4.78, 5) is 0. The molecule has 1 aliphatic heterocycles. The van der Waals surface area contributed by atoms with Crippen LogP contribution in [0.25, 0.3) is 0 Å². The summed E-state index contributed by atoms with van der Waals surface area (Å²) in [6.07, 6.45) is -0.753. The fourth-order valence-electron chi connectivity index (χ4n) is 5.21. The van der Waals surface area contributed by atoms with Crippen LogP contribution in [0.5, 0.6) is 0 Å². The van der Waals surface area contributed by atoms with Crippen LogP contribution in [-0.2, 0) is 50.1 Å². The SMILES string of the molecule is CCC1O[C@H](COCc2ccccc2)[C@@H](OCc2ccccc2)[C@H](OCc2ccccc2)[C@H]1OCc1ccccc1. The zero-order valence-electron chi connectivity index (χ0n) is 23.7. The van der Waals surface area contributed by atoms with Crippen LogP contribution >= 0.6 is 0 Å². The maximum absolute atomic E-state index is 6.71. The van der Waals surface area contributed by atoms with Crippen LogP contribution in [-0.4, -0.2) is 37.1 Å². The fraction of sp³-hybridized carbons (Fsp3) is 0.333. The minimum atomic E-state index is -0.390.